The summed E-state index contributed by atoms with van der Waals surface area (Å²) in [6, 6.07) is 8.67. The van der Waals surface area contributed by atoms with E-state index >= 15 is 0 Å². The molecule has 0 unspecified atom stereocenters. The molecule has 3 nitrogen and oxygen atoms in total. The van der Waals surface area contributed by atoms with Crippen molar-refractivity contribution in [2.75, 3.05) is 6.61 Å². The number of aromatic hydroxyl groups is 1. The molecule has 2 aromatic rings. The number of carbonyl (C=O) groups is 1. The summed E-state index contributed by atoms with van der Waals surface area (Å²) in [7, 11) is 0. The van der Waals surface area contributed by atoms with Crippen LogP contribution >= 0.6 is 34.8 Å². The first-order valence-electron chi connectivity index (χ1n) is 7.38. The zero-order chi connectivity index (χ0) is 17.9. The largest absolute Gasteiger partial charge is 0.508 e. The van der Waals surface area contributed by atoms with Crippen molar-refractivity contribution in [1.82, 2.24) is 0 Å². The number of halogens is 3. The number of phenolic OH excluding ortho intramolecular Hbond substituents is 1. The van der Waals surface area contributed by atoms with Gasteiger partial charge >= 0.3 is 0 Å². The van der Waals surface area contributed by atoms with Gasteiger partial charge in [-0.05, 0) is 52.4 Å². The lowest BCUT2D eigenvalue weighted by Gasteiger charge is -2.13. The Kier molecular flexibility index (Phi) is 6.39. The lowest BCUT2D eigenvalue weighted by atomic mass is 9.96. The highest BCUT2D eigenvalue weighted by Crippen LogP contribution is 2.33. The molecule has 6 heteroatoms. The second-order valence-electron chi connectivity index (χ2n) is 5.73. The van der Waals surface area contributed by atoms with E-state index in [1.54, 1.807) is 18.2 Å². The monoisotopic (exact) mass is 386 g/mol. The summed E-state index contributed by atoms with van der Waals surface area (Å²) in [5.41, 5.74) is 2.62. The van der Waals surface area contributed by atoms with E-state index in [2.05, 4.69) is 0 Å². The summed E-state index contributed by atoms with van der Waals surface area (Å²) < 4.78 is 5.22. The third-order valence-corrected chi connectivity index (χ3v) is 4.35. The summed E-state index contributed by atoms with van der Waals surface area (Å²) in [5, 5.41) is 10.2. The summed E-state index contributed by atoms with van der Waals surface area (Å²) in [6.45, 7) is 3.79. The minimum atomic E-state index is -0.600. The molecule has 0 atom stereocenters. The highest BCUT2D eigenvalue weighted by atomic mass is 35.5. The van der Waals surface area contributed by atoms with E-state index in [4.69, 9.17) is 39.5 Å². The number of carbonyl (C=O) groups excluding carboxylic acids is 1. The van der Waals surface area contributed by atoms with Crippen LogP contribution in [0, 0.1) is 0 Å². The maximum atomic E-state index is 10.8. The lowest BCUT2D eigenvalue weighted by molar-refractivity contribution is -0.113. The quantitative estimate of drug-likeness (QED) is 0.660. The third kappa shape index (κ3) is 4.79. The molecule has 0 fully saturated rings. The van der Waals surface area contributed by atoms with Gasteiger partial charge in [-0.1, -0.05) is 49.2 Å². The normalized spacial score (nSPS) is 10.9. The van der Waals surface area contributed by atoms with Crippen LogP contribution in [0.3, 0.4) is 0 Å². The Labute approximate surface area is 156 Å². The van der Waals surface area contributed by atoms with E-state index in [1.165, 1.54) is 0 Å². The second kappa shape index (κ2) is 8.11. The Bertz CT molecular complexity index is 734. The molecule has 24 heavy (non-hydrogen) atoms. The Hall–Kier alpha value is -1.42. The van der Waals surface area contributed by atoms with Gasteiger partial charge in [0.1, 0.15) is 11.5 Å². The molecule has 0 aliphatic carbocycles. The van der Waals surface area contributed by atoms with Gasteiger partial charge in [0.15, 0.2) is 6.61 Å². The number of ether oxygens (including phenoxy) is 1. The van der Waals surface area contributed by atoms with Gasteiger partial charge in [0.05, 0.1) is 0 Å². The molecule has 1 N–H and O–H groups in total. The highest BCUT2D eigenvalue weighted by Gasteiger charge is 2.13. The molecule has 0 bridgehead atoms. The molecule has 0 saturated carbocycles. The van der Waals surface area contributed by atoms with Crippen LogP contribution in [0.15, 0.2) is 30.3 Å². The van der Waals surface area contributed by atoms with Crippen LogP contribution in [-0.2, 0) is 11.2 Å². The van der Waals surface area contributed by atoms with Crippen molar-refractivity contribution in [2.45, 2.75) is 26.2 Å². The minimum absolute atomic E-state index is 0.208. The van der Waals surface area contributed by atoms with Crippen LogP contribution in [0.5, 0.6) is 11.5 Å². The maximum absolute atomic E-state index is 10.8. The van der Waals surface area contributed by atoms with Crippen LogP contribution in [-0.4, -0.2) is 17.0 Å². The first-order valence-corrected chi connectivity index (χ1v) is 8.52. The van der Waals surface area contributed by atoms with Gasteiger partial charge in [-0.3, -0.25) is 4.79 Å². The average Bonchev–Trinajstić information content (AvgIpc) is 2.50. The van der Waals surface area contributed by atoms with E-state index in [0.29, 0.717) is 22.2 Å². The number of rotatable bonds is 6. The van der Waals surface area contributed by atoms with E-state index in [1.807, 2.05) is 26.0 Å². The van der Waals surface area contributed by atoms with Crippen molar-refractivity contribution >= 4 is 40.0 Å². The number of phenols is 1. The average molecular weight is 388 g/mol. The molecule has 0 aromatic heterocycles. The number of benzene rings is 2. The van der Waals surface area contributed by atoms with Crippen molar-refractivity contribution in [3.05, 3.63) is 57.1 Å². The second-order valence-corrected chi connectivity index (χ2v) is 6.97. The predicted octanol–water partition coefficient (Wildman–Crippen LogP) is 5.56. The zero-order valence-electron chi connectivity index (χ0n) is 13.3. The van der Waals surface area contributed by atoms with Crippen LogP contribution in [0.25, 0.3) is 0 Å². The topological polar surface area (TPSA) is 46.5 Å². The Balaban J connectivity index is 2.27. The van der Waals surface area contributed by atoms with Crippen molar-refractivity contribution in [3.8, 4) is 11.5 Å². The molecule has 0 heterocycles. The molecule has 2 aromatic carbocycles. The molecule has 0 radical (unpaired) electrons. The van der Waals surface area contributed by atoms with Crippen LogP contribution < -0.4 is 4.74 Å². The molecular formula is C18H17Cl3O3. The zero-order valence-corrected chi connectivity index (χ0v) is 15.5. The van der Waals surface area contributed by atoms with Crippen molar-refractivity contribution < 1.29 is 14.6 Å². The fourth-order valence-corrected chi connectivity index (χ4v) is 3.01. The van der Waals surface area contributed by atoms with Gasteiger partial charge in [-0.25, -0.2) is 0 Å². The van der Waals surface area contributed by atoms with Crippen LogP contribution in [0.2, 0.25) is 10.0 Å². The van der Waals surface area contributed by atoms with Gasteiger partial charge in [-0.15, -0.1) is 0 Å². The van der Waals surface area contributed by atoms with Crippen molar-refractivity contribution in [3.63, 3.8) is 0 Å². The van der Waals surface area contributed by atoms with Gasteiger partial charge < -0.3 is 9.84 Å². The minimum Gasteiger partial charge on any atom is -0.508 e. The van der Waals surface area contributed by atoms with Gasteiger partial charge in [-0.2, -0.15) is 0 Å². The summed E-state index contributed by atoms with van der Waals surface area (Å²) in [6.07, 6.45) is 0.520. The van der Waals surface area contributed by atoms with Crippen LogP contribution in [0.1, 0.15) is 36.5 Å². The van der Waals surface area contributed by atoms with Gasteiger partial charge in [0, 0.05) is 16.5 Å². The SMILES string of the molecule is CC(C)c1cc(Cc2c(Cl)cc(OCC(=O)Cl)cc2Cl)ccc1O. The highest BCUT2D eigenvalue weighted by molar-refractivity contribution is 6.63. The molecular weight excluding hydrogens is 371 g/mol. The molecule has 0 saturated heterocycles. The lowest BCUT2D eigenvalue weighted by Crippen LogP contribution is -2.04. The van der Waals surface area contributed by atoms with E-state index in [-0.39, 0.29) is 18.3 Å². The fraction of sp³-hybridized carbons (Fsp3) is 0.278. The summed E-state index contributed by atoms with van der Waals surface area (Å²) in [5.74, 6) is 0.872. The predicted molar refractivity (Wildman–Crippen MR) is 97.8 cm³/mol. The number of hydrogen-bond donors (Lipinski definition) is 1. The first-order chi connectivity index (χ1) is 11.3. The fourth-order valence-electron chi connectivity index (χ4n) is 2.35. The van der Waals surface area contributed by atoms with Gasteiger partial charge in [0.25, 0.3) is 5.24 Å². The third-order valence-electron chi connectivity index (χ3n) is 3.56. The molecule has 128 valence electrons. The summed E-state index contributed by atoms with van der Waals surface area (Å²) >= 11 is 17.9. The van der Waals surface area contributed by atoms with E-state index in [0.717, 1.165) is 16.7 Å². The molecule has 0 aliphatic heterocycles. The van der Waals surface area contributed by atoms with Gasteiger partial charge in [0.2, 0.25) is 0 Å². The maximum Gasteiger partial charge on any atom is 0.259 e. The number of hydrogen-bond acceptors (Lipinski definition) is 3. The van der Waals surface area contributed by atoms with E-state index < -0.39 is 5.24 Å². The molecule has 2 rings (SSSR count). The smallest absolute Gasteiger partial charge is 0.259 e. The molecule has 0 amide bonds. The first kappa shape index (κ1) is 18.9. The van der Waals surface area contributed by atoms with E-state index in [9.17, 15) is 9.90 Å². The molecule has 0 aliphatic rings. The summed E-state index contributed by atoms with van der Waals surface area (Å²) in [4.78, 5) is 10.8. The Morgan fingerprint density at radius 3 is 2.33 bits per heavy atom. The Morgan fingerprint density at radius 1 is 1.17 bits per heavy atom. The van der Waals surface area contributed by atoms with Crippen LogP contribution in [0.4, 0.5) is 0 Å². The van der Waals surface area contributed by atoms with Crippen molar-refractivity contribution in [1.29, 1.82) is 0 Å². The standard InChI is InChI=1S/C18H17Cl3O3/c1-10(2)13-5-11(3-4-17(13)22)6-14-15(19)7-12(8-16(14)20)24-9-18(21)23/h3-5,7-8,10,22H,6,9H2,1-2H3. The Morgan fingerprint density at radius 2 is 1.79 bits per heavy atom. The van der Waals surface area contributed by atoms with Crippen molar-refractivity contribution in [2.24, 2.45) is 0 Å². The molecule has 0 spiro atoms.